The van der Waals surface area contributed by atoms with Gasteiger partial charge < -0.3 is 0 Å². The highest BCUT2D eigenvalue weighted by Gasteiger charge is 2.47. The van der Waals surface area contributed by atoms with Gasteiger partial charge >= 0.3 is 0 Å². The summed E-state index contributed by atoms with van der Waals surface area (Å²) in [4.78, 5) is 14.2. The van der Waals surface area contributed by atoms with Crippen molar-refractivity contribution in [1.29, 1.82) is 0 Å². The van der Waals surface area contributed by atoms with Crippen molar-refractivity contribution in [3.8, 4) is 0 Å². The molecule has 0 aromatic heterocycles. The van der Waals surface area contributed by atoms with Crippen LogP contribution in [0.3, 0.4) is 0 Å². The van der Waals surface area contributed by atoms with Gasteiger partial charge in [0.2, 0.25) is 8.07 Å². The molecule has 0 atom stereocenters. The Hall–Kier alpha value is -2.94. The van der Waals surface area contributed by atoms with Gasteiger partial charge in [0.15, 0.2) is 5.41 Å². The minimum Gasteiger partial charge on any atom is -0.299 e. The number of benzene rings is 4. The van der Waals surface area contributed by atoms with Crippen molar-refractivity contribution < 1.29 is 4.79 Å². The van der Waals surface area contributed by atoms with Gasteiger partial charge in [-0.15, -0.1) is 0 Å². The molecule has 0 aliphatic rings. The molecule has 4 aromatic carbocycles. The number of rotatable bonds is 5. The van der Waals surface area contributed by atoms with Gasteiger partial charge in [0.1, 0.15) is 0 Å². The van der Waals surface area contributed by atoms with Crippen molar-refractivity contribution in [3.63, 3.8) is 0 Å². The molecule has 0 spiro atoms. The molecule has 0 amide bonds. The Balaban J connectivity index is 2.07. The maximum atomic E-state index is 14.2. The highest BCUT2D eigenvalue weighted by molar-refractivity contribution is 7.31. The van der Waals surface area contributed by atoms with Gasteiger partial charge in [0.25, 0.3) is 0 Å². The molecule has 0 aliphatic heterocycles. The van der Waals surface area contributed by atoms with Crippen molar-refractivity contribution in [1.82, 2.24) is 0 Å². The lowest BCUT2D eigenvalue weighted by Gasteiger charge is -2.32. The van der Waals surface area contributed by atoms with E-state index in [0.29, 0.717) is 10.6 Å². The molecule has 0 N–H and O–H groups in total. The van der Waals surface area contributed by atoms with E-state index in [2.05, 4.69) is 36.4 Å². The molecule has 3 heteroatoms. The molecule has 0 aliphatic carbocycles. The highest BCUT2D eigenvalue weighted by atomic mass is 35.5. The van der Waals surface area contributed by atoms with E-state index in [-0.39, 0.29) is 5.41 Å². The third-order valence-corrected chi connectivity index (χ3v) is 9.89. The summed E-state index contributed by atoms with van der Waals surface area (Å²) in [7, 11) is -2.97. The van der Waals surface area contributed by atoms with Crippen molar-refractivity contribution in [2.24, 2.45) is 0 Å². The third-order valence-electron chi connectivity index (χ3n) is 5.07. The zero-order valence-electron chi connectivity index (χ0n) is 15.3. The number of carbonyl (C=O) groups excluding carboxylic acids is 1. The predicted molar refractivity (Wildman–Crippen MR) is 120 cm³/mol. The Morgan fingerprint density at radius 2 is 0.893 bits per heavy atom. The van der Waals surface area contributed by atoms with Crippen LogP contribution in [0, 0.1) is 0 Å². The first-order valence-electron chi connectivity index (χ1n) is 9.20. The number of hydrogen-bond donors (Lipinski definition) is 0. The second-order valence-corrected chi connectivity index (χ2v) is 10.8. The van der Waals surface area contributed by atoms with Crippen molar-refractivity contribution >= 4 is 40.6 Å². The largest absolute Gasteiger partial charge is 0.299 e. The fraction of sp³-hybridized carbons (Fsp3) is 0. The van der Waals surface area contributed by atoms with E-state index in [4.69, 9.17) is 11.6 Å². The Morgan fingerprint density at radius 1 is 0.536 bits per heavy atom. The SMILES string of the molecule is O=C(c1ccc(Cl)cc1)[Si](c1ccccc1)(c1ccccc1)c1ccccc1. The average molecular weight is 399 g/mol. The minimum absolute atomic E-state index is 0.160. The van der Waals surface area contributed by atoms with Crippen molar-refractivity contribution in [3.05, 3.63) is 126 Å². The van der Waals surface area contributed by atoms with Crippen LogP contribution in [0.25, 0.3) is 0 Å². The second-order valence-electron chi connectivity index (χ2n) is 6.68. The van der Waals surface area contributed by atoms with Gasteiger partial charge in [-0.1, -0.05) is 115 Å². The number of carbonyl (C=O) groups is 1. The zero-order valence-corrected chi connectivity index (χ0v) is 17.0. The molecule has 0 heterocycles. The first-order chi connectivity index (χ1) is 13.7. The Morgan fingerprint density at radius 3 is 1.25 bits per heavy atom. The Kier molecular flexibility index (Phi) is 5.24. The van der Waals surface area contributed by atoms with E-state index in [1.54, 1.807) is 12.1 Å². The molecule has 0 unspecified atom stereocenters. The Bertz CT molecular complexity index is 965. The van der Waals surface area contributed by atoms with Gasteiger partial charge in [-0.2, -0.15) is 0 Å². The van der Waals surface area contributed by atoms with Crippen LogP contribution in [0.15, 0.2) is 115 Å². The van der Waals surface area contributed by atoms with E-state index < -0.39 is 8.07 Å². The summed E-state index contributed by atoms with van der Waals surface area (Å²) in [5.74, 6) is 0. The first kappa shape index (κ1) is 18.4. The summed E-state index contributed by atoms with van der Waals surface area (Å²) in [5.41, 5.74) is 0.688. The first-order valence-corrected chi connectivity index (χ1v) is 11.6. The molecule has 0 bridgehead atoms. The monoisotopic (exact) mass is 398 g/mol. The predicted octanol–water partition coefficient (Wildman–Crippen LogP) is 4.23. The summed E-state index contributed by atoms with van der Waals surface area (Å²) in [6.07, 6.45) is 0. The second kappa shape index (κ2) is 7.97. The minimum atomic E-state index is -2.97. The summed E-state index contributed by atoms with van der Waals surface area (Å²) in [6.45, 7) is 0. The van der Waals surface area contributed by atoms with E-state index >= 15 is 0 Å². The van der Waals surface area contributed by atoms with E-state index in [0.717, 1.165) is 15.6 Å². The van der Waals surface area contributed by atoms with E-state index in [1.807, 2.05) is 66.7 Å². The van der Waals surface area contributed by atoms with Crippen LogP contribution in [0.5, 0.6) is 0 Å². The summed E-state index contributed by atoms with van der Waals surface area (Å²) >= 11 is 6.08. The van der Waals surface area contributed by atoms with Crippen LogP contribution in [-0.4, -0.2) is 13.5 Å². The normalized spacial score (nSPS) is 11.2. The molecule has 4 aromatic rings. The van der Waals surface area contributed by atoms with Crippen LogP contribution in [0.4, 0.5) is 0 Å². The molecular formula is C25H19ClOSi. The molecule has 136 valence electrons. The van der Waals surface area contributed by atoms with E-state index in [1.165, 1.54) is 0 Å². The van der Waals surface area contributed by atoms with Crippen molar-refractivity contribution in [2.75, 3.05) is 0 Å². The van der Waals surface area contributed by atoms with Crippen LogP contribution in [-0.2, 0) is 0 Å². The summed E-state index contributed by atoms with van der Waals surface area (Å²) in [6, 6.07) is 37.8. The Labute approximate surface area is 171 Å². The van der Waals surface area contributed by atoms with Crippen LogP contribution >= 0.6 is 11.6 Å². The standard InChI is InChI=1S/C25H19ClOSi/c26-21-18-16-20(17-19-21)25(27)28(22-10-4-1-5-11-22,23-12-6-2-7-13-23)24-14-8-3-9-15-24/h1-19H. The van der Waals surface area contributed by atoms with Gasteiger partial charge in [-0.25, -0.2) is 0 Å². The number of halogens is 1. The maximum absolute atomic E-state index is 14.2. The lowest BCUT2D eigenvalue weighted by atomic mass is 10.2. The lowest BCUT2D eigenvalue weighted by Crippen LogP contribution is -2.72. The topological polar surface area (TPSA) is 17.1 Å². The molecule has 4 rings (SSSR count). The van der Waals surface area contributed by atoms with Crippen LogP contribution < -0.4 is 15.6 Å². The van der Waals surface area contributed by atoms with Crippen molar-refractivity contribution in [2.45, 2.75) is 0 Å². The molecule has 0 fully saturated rings. The van der Waals surface area contributed by atoms with Gasteiger partial charge in [-0.3, -0.25) is 4.79 Å². The molecular weight excluding hydrogens is 380 g/mol. The lowest BCUT2D eigenvalue weighted by molar-refractivity contribution is 0.107. The molecule has 0 saturated carbocycles. The summed E-state index contributed by atoms with van der Waals surface area (Å²) < 4.78 is 0. The zero-order chi connectivity index (χ0) is 19.4. The van der Waals surface area contributed by atoms with Gasteiger partial charge in [-0.05, 0) is 27.7 Å². The quantitative estimate of drug-likeness (QED) is 0.363. The fourth-order valence-electron chi connectivity index (χ4n) is 3.78. The smallest absolute Gasteiger partial charge is 0.230 e. The summed E-state index contributed by atoms with van der Waals surface area (Å²) in [5, 5.41) is 4.02. The molecule has 1 nitrogen and oxygen atoms in total. The van der Waals surface area contributed by atoms with Crippen LogP contribution in [0.1, 0.15) is 10.4 Å². The average Bonchev–Trinajstić information content (AvgIpc) is 2.77. The van der Waals surface area contributed by atoms with Gasteiger partial charge in [0, 0.05) is 10.6 Å². The fourth-order valence-corrected chi connectivity index (χ4v) is 8.37. The highest BCUT2D eigenvalue weighted by Crippen LogP contribution is 2.17. The maximum Gasteiger partial charge on any atom is 0.230 e. The third kappa shape index (κ3) is 3.22. The molecule has 0 saturated heterocycles. The van der Waals surface area contributed by atoms with E-state index in [9.17, 15) is 4.79 Å². The number of hydrogen-bond acceptors (Lipinski definition) is 1. The molecule has 0 radical (unpaired) electrons. The van der Waals surface area contributed by atoms with Crippen LogP contribution in [0.2, 0.25) is 5.02 Å². The molecule has 28 heavy (non-hydrogen) atoms. The van der Waals surface area contributed by atoms with Gasteiger partial charge in [0.05, 0.1) is 0 Å².